The maximum Gasteiger partial charge on any atom is 0.412 e. The predicted molar refractivity (Wildman–Crippen MR) is 112 cm³/mol. The number of nitrogens with one attached hydrogen (secondary N) is 2. The maximum atomic E-state index is 11.9. The van der Waals surface area contributed by atoms with Crippen molar-refractivity contribution in [1.29, 1.82) is 0 Å². The van der Waals surface area contributed by atoms with Crippen LogP contribution in [0.5, 0.6) is 5.75 Å². The van der Waals surface area contributed by atoms with Crippen LogP contribution in [0.4, 0.5) is 14.9 Å². The van der Waals surface area contributed by atoms with Crippen LogP contribution in [0.25, 0.3) is 11.3 Å². The molecule has 0 saturated carbocycles. The third-order valence-electron chi connectivity index (χ3n) is 3.71. The summed E-state index contributed by atoms with van der Waals surface area (Å²) in [5.74, 6) is 0.197. The molecule has 0 atom stereocenters. The highest BCUT2D eigenvalue weighted by atomic mass is 32.1. The molecule has 1 amide bonds. The number of benzene rings is 2. The molecule has 0 aliphatic rings. The molecule has 1 heterocycles. The van der Waals surface area contributed by atoms with Crippen LogP contribution in [0, 0.1) is 6.92 Å². The van der Waals surface area contributed by atoms with Crippen LogP contribution in [0.2, 0.25) is 0 Å². The summed E-state index contributed by atoms with van der Waals surface area (Å²) in [7, 11) is 0. The normalized spacial score (nSPS) is 10.8. The van der Waals surface area contributed by atoms with Crippen LogP contribution < -0.4 is 10.7 Å². The van der Waals surface area contributed by atoms with Crippen molar-refractivity contribution in [1.82, 2.24) is 4.98 Å². The summed E-state index contributed by atoms with van der Waals surface area (Å²) >= 11 is 1.26. The molecular weight excluding hydrogens is 376 g/mol. The van der Waals surface area contributed by atoms with E-state index < -0.39 is 6.09 Å². The number of hydrogen-bond acceptors (Lipinski definition) is 7. The van der Waals surface area contributed by atoms with Crippen LogP contribution in [0.15, 0.2) is 53.6 Å². The van der Waals surface area contributed by atoms with Gasteiger partial charge >= 0.3 is 6.09 Å². The van der Waals surface area contributed by atoms with Gasteiger partial charge in [0.2, 0.25) is 5.13 Å². The van der Waals surface area contributed by atoms with Gasteiger partial charge in [0.25, 0.3) is 0 Å². The van der Waals surface area contributed by atoms with Gasteiger partial charge in [0, 0.05) is 5.56 Å². The molecule has 144 valence electrons. The molecule has 1 aromatic heterocycles. The number of thiazole rings is 1. The topological polar surface area (TPSA) is 95.8 Å². The van der Waals surface area contributed by atoms with Gasteiger partial charge in [0.1, 0.15) is 16.4 Å². The van der Waals surface area contributed by atoms with Crippen molar-refractivity contribution in [2.75, 3.05) is 17.3 Å². The van der Waals surface area contributed by atoms with Gasteiger partial charge in [-0.3, -0.25) is 10.7 Å². The fourth-order valence-corrected chi connectivity index (χ4v) is 3.17. The number of ether oxygens (including phenoxy) is 1. The van der Waals surface area contributed by atoms with Crippen molar-refractivity contribution < 1.29 is 14.6 Å². The van der Waals surface area contributed by atoms with E-state index in [1.165, 1.54) is 11.3 Å². The number of aromatic hydroxyl groups is 1. The summed E-state index contributed by atoms with van der Waals surface area (Å²) in [5.41, 5.74) is 6.35. The molecule has 8 heteroatoms. The van der Waals surface area contributed by atoms with E-state index in [1.807, 2.05) is 31.2 Å². The number of nitrogens with zero attached hydrogens (tertiary/aromatic N) is 2. The fraction of sp³-hybridized carbons (Fsp3) is 0.150. The van der Waals surface area contributed by atoms with E-state index in [-0.39, 0.29) is 12.4 Å². The monoisotopic (exact) mass is 396 g/mol. The summed E-state index contributed by atoms with van der Waals surface area (Å²) in [5, 5.41) is 17.3. The zero-order valence-corrected chi connectivity index (χ0v) is 16.3. The van der Waals surface area contributed by atoms with E-state index in [4.69, 9.17) is 4.74 Å². The van der Waals surface area contributed by atoms with Gasteiger partial charge in [0.15, 0.2) is 0 Å². The Kier molecular flexibility index (Phi) is 6.23. The van der Waals surface area contributed by atoms with Gasteiger partial charge in [-0.05, 0) is 43.7 Å². The molecule has 0 aliphatic heterocycles. The second-order valence-corrected chi connectivity index (χ2v) is 6.87. The Morgan fingerprint density at radius 2 is 1.93 bits per heavy atom. The molecule has 2 aromatic carbocycles. The first kappa shape index (κ1) is 19.4. The van der Waals surface area contributed by atoms with Crippen LogP contribution in [-0.2, 0) is 4.74 Å². The Hall–Kier alpha value is -3.39. The van der Waals surface area contributed by atoms with E-state index in [1.54, 1.807) is 37.4 Å². The standard InChI is InChI=1S/C20H20N4O3S/c1-3-27-20(26)23-18-17(15-8-4-13(2)5-9-15)22-19(28-18)24-21-12-14-6-10-16(25)11-7-14/h4-12,25H,3H2,1-2H3,(H,22,24)(H,23,26). The highest BCUT2D eigenvalue weighted by Gasteiger charge is 2.16. The first-order valence-electron chi connectivity index (χ1n) is 8.65. The first-order valence-corrected chi connectivity index (χ1v) is 9.46. The zero-order chi connectivity index (χ0) is 19.9. The van der Waals surface area contributed by atoms with Gasteiger partial charge in [-0.1, -0.05) is 41.2 Å². The Bertz CT molecular complexity index is 966. The number of hydrogen-bond donors (Lipinski definition) is 3. The van der Waals surface area contributed by atoms with Crippen LogP contribution in [0.1, 0.15) is 18.1 Å². The van der Waals surface area contributed by atoms with Gasteiger partial charge in [-0.15, -0.1) is 0 Å². The lowest BCUT2D eigenvalue weighted by atomic mass is 10.1. The number of aryl methyl sites for hydroxylation is 1. The molecule has 0 fully saturated rings. The number of carbonyl (C=O) groups excluding carboxylic acids is 1. The minimum atomic E-state index is -0.529. The highest BCUT2D eigenvalue weighted by Crippen LogP contribution is 2.36. The third kappa shape index (κ3) is 5.08. The van der Waals surface area contributed by atoms with Crippen molar-refractivity contribution in [3.63, 3.8) is 0 Å². The number of hydrazone groups is 1. The lowest BCUT2D eigenvalue weighted by molar-refractivity contribution is 0.168. The quantitative estimate of drug-likeness (QED) is 0.409. The summed E-state index contributed by atoms with van der Waals surface area (Å²) in [6, 6.07) is 14.5. The summed E-state index contributed by atoms with van der Waals surface area (Å²) in [6.07, 6.45) is 1.09. The summed E-state index contributed by atoms with van der Waals surface area (Å²) in [6.45, 7) is 4.04. The van der Waals surface area contributed by atoms with Crippen molar-refractivity contribution >= 4 is 33.8 Å². The molecule has 0 saturated heterocycles. The number of carbonyl (C=O) groups is 1. The molecule has 28 heavy (non-hydrogen) atoms. The molecule has 3 rings (SSSR count). The number of phenols is 1. The second kappa shape index (κ2) is 9.01. The SMILES string of the molecule is CCOC(=O)Nc1sc(NN=Cc2ccc(O)cc2)nc1-c1ccc(C)cc1. The van der Waals surface area contributed by atoms with E-state index in [0.717, 1.165) is 16.7 Å². The van der Waals surface area contributed by atoms with E-state index in [9.17, 15) is 9.90 Å². The second-order valence-electron chi connectivity index (χ2n) is 5.87. The average Bonchev–Trinajstić information content (AvgIpc) is 3.06. The molecule has 0 unspecified atom stereocenters. The van der Waals surface area contributed by atoms with Gasteiger partial charge < -0.3 is 9.84 Å². The Morgan fingerprint density at radius 1 is 1.21 bits per heavy atom. The Labute approximate surface area is 166 Å². The number of anilines is 2. The van der Waals surface area contributed by atoms with Crippen molar-refractivity contribution in [2.24, 2.45) is 5.10 Å². The number of rotatable bonds is 6. The van der Waals surface area contributed by atoms with Gasteiger partial charge in [0.05, 0.1) is 12.8 Å². The number of aromatic nitrogens is 1. The van der Waals surface area contributed by atoms with Crippen LogP contribution in [-0.4, -0.2) is 29.0 Å². The van der Waals surface area contributed by atoms with Crippen molar-refractivity contribution in [3.8, 4) is 17.0 Å². The average molecular weight is 396 g/mol. The predicted octanol–water partition coefficient (Wildman–Crippen LogP) is 4.84. The van der Waals surface area contributed by atoms with E-state index >= 15 is 0 Å². The smallest absolute Gasteiger partial charge is 0.412 e. The van der Waals surface area contributed by atoms with Crippen molar-refractivity contribution in [3.05, 3.63) is 59.7 Å². The van der Waals surface area contributed by atoms with Crippen molar-refractivity contribution in [2.45, 2.75) is 13.8 Å². The summed E-state index contributed by atoms with van der Waals surface area (Å²) in [4.78, 5) is 16.4. The minimum Gasteiger partial charge on any atom is -0.508 e. The highest BCUT2D eigenvalue weighted by molar-refractivity contribution is 7.20. The molecule has 0 spiro atoms. The maximum absolute atomic E-state index is 11.9. The minimum absolute atomic E-state index is 0.197. The van der Waals surface area contributed by atoms with E-state index in [2.05, 4.69) is 20.8 Å². The molecule has 3 aromatic rings. The molecular formula is C20H20N4O3S. The lowest BCUT2D eigenvalue weighted by Crippen LogP contribution is -2.12. The largest absolute Gasteiger partial charge is 0.508 e. The summed E-state index contributed by atoms with van der Waals surface area (Å²) < 4.78 is 4.97. The van der Waals surface area contributed by atoms with Crippen LogP contribution in [0.3, 0.4) is 0 Å². The Morgan fingerprint density at radius 3 is 2.61 bits per heavy atom. The first-order chi connectivity index (χ1) is 13.5. The zero-order valence-electron chi connectivity index (χ0n) is 15.5. The fourth-order valence-electron chi connectivity index (χ4n) is 2.34. The van der Waals surface area contributed by atoms with Gasteiger partial charge in [-0.25, -0.2) is 9.78 Å². The molecule has 0 bridgehead atoms. The molecule has 0 radical (unpaired) electrons. The molecule has 0 aliphatic carbocycles. The molecule has 3 N–H and O–H groups in total. The Balaban J connectivity index is 1.82. The third-order valence-corrected chi connectivity index (χ3v) is 4.59. The molecule has 7 nitrogen and oxygen atoms in total. The van der Waals surface area contributed by atoms with Gasteiger partial charge in [-0.2, -0.15) is 5.10 Å². The number of phenolic OH excluding ortho intramolecular Hbond substituents is 1. The van der Waals surface area contributed by atoms with Crippen LogP contribution >= 0.6 is 11.3 Å². The lowest BCUT2D eigenvalue weighted by Gasteiger charge is -2.05. The number of amides is 1. The van der Waals surface area contributed by atoms with E-state index in [0.29, 0.717) is 15.8 Å².